The first-order chi connectivity index (χ1) is 11.9. The Bertz CT molecular complexity index is 653. The lowest BCUT2D eigenvalue weighted by Crippen LogP contribution is -2.57. The Hall–Kier alpha value is -1.74. The number of hydrogen-bond donors (Lipinski definition) is 1. The van der Waals surface area contributed by atoms with Gasteiger partial charge in [0.15, 0.2) is 0 Å². The fourth-order valence-corrected chi connectivity index (χ4v) is 4.77. The van der Waals surface area contributed by atoms with Crippen LogP contribution in [0.15, 0.2) is 42.7 Å². The number of nitrogens with one attached hydrogen (secondary N) is 1. The second-order valence-electron chi connectivity index (χ2n) is 7.32. The third-order valence-corrected chi connectivity index (χ3v) is 5.99. The molecule has 2 aromatic rings. The van der Waals surface area contributed by atoms with Crippen LogP contribution in [-0.2, 0) is 13.0 Å². The van der Waals surface area contributed by atoms with Crippen LogP contribution in [0.4, 0.5) is 0 Å². The molecule has 4 atom stereocenters. The first-order valence-corrected chi connectivity index (χ1v) is 9.45. The first-order valence-electron chi connectivity index (χ1n) is 9.45. The molecule has 0 radical (unpaired) electrons. The van der Waals surface area contributed by atoms with Gasteiger partial charge in [0, 0.05) is 42.9 Å². The number of rotatable bonds is 5. The van der Waals surface area contributed by atoms with Crippen molar-refractivity contribution >= 4 is 0 Å². The monoisotopic (exact) mass is 321 g/mol. The van der Waals surface area contributed by atoms with Crippen molar-refractivity contribution in [2.45, 2.75) is 57.5 Å². The molecule has 2 fully saturated rings. The van der Waals surface area contributed by atoms with Crippen LogP contribution < -0.4 is 5.32 Å². The average molecular weight is 321 g/mol. The summed E-state index contributed by atoms with van der Waals surface area (Å²) < 4.78 is 0. The van der Waals surface area contributed by atoms with Crippen molar-refractivity contribution in [3.63, 3.8) is 0 Å². The molecule has 1 N–H and O–H groups in total. The van der Waals surface area contributed by atoms with Gasteiger partial charge in [-0.05, 0) is 30.2 Å². The largest absolute Gasteiger partial charge is 0.309 e. The third-order valence-electron chi connectivity index (χ3n) is 5.99. The minimum atomic E-state index is 0.601. The van der Waals surface area contributed by atoms with Crippen molar-refractivity contribution in [3.8, 4) is 0 Å². The lowest BCUT2D eigenvalue weighted by Gasteiger charge is -2.55. The summed E-state index contributed by atoms with van der Waals surface area (Å²) in [7, 11) is 0. The number of benzene rings is 1. The van der Waals surface area contributed by atoms with Gasteiger partial charge in [0.1, 0.15) is 5.82 Å². The van der Waals surface area contributed by atoms with E-state index in [1.54, 1.807) is 0 Å². The zero-order valence-electron chi connectivity index (χ0n) is 14.5. The zero-order chi connectivity index (χ0) is 16.4. The maximum atomic E-state index is 4.43. The van der Waals surface area contributed by atoms with Crippen LogP contribution in [-0.4, -0.2) is 16.0 Å². The standard InChI is InChI=1S/C21H27N3/c1-2-19-22-12-15(13-23-19)14-24-21-18-11-7-6-10-17(18)20(21)16-8-4-3-5-9-16/h3-5,8-9,12-13,17-18,20-21,24H,2,6-7,10-11,14H2,1H3/t17-,18+,20-,21-/m0/s1. The highest BCUT2D eigenvalue weighted by molar-refractivity contribution is 5.28. The molecule has 0 aliphatic heterocycles. The van der Waals surface area contributed by atoms with Crippen molar-refractivity contribution < 1.29 is 0 Å². The van der Waals surface area contributed by atoms with Crippen LogP contribution >= 0.6 is 0 Å². The number of aryl methyl sites for hydroxylation is 1. The number of fused-ring (bicyclic) bond motifs is 1. The van der Waals surface area contributed by atoms with E-state index in [4.69, 9.17) is 0 Å². The minimum Gasteiger partial charge on any atom is -0.309 e. The molecule has 3 heteroatoms. The molecule has 0 spiro atoms. The molecule has 1 aromatic heterocycles. The Morgan fingerprint density at radius 2 is 1.71 bits per heavy atom. The van der Waals surface area contributed by atoms with Crippen molar-refractivity contribution in [2.24, 2.45) is 11.8 Å². The highest BCUT2D eigenvalue weighted by atomic mass is 15.0. The first kappa shape index (κ1) is 15.8. The molecule has 1 aromatic carbocycles. The molecule has 1 heterocycles. The van der Waals surface area contributed by atoms with Crippen LogP contribution in [0.25, 0.3) is 0 Å². The Morgan fingerprint density at radius 3 is 2.42 bits per heavy atom. The highest BCUT2D eigenvalue weighted by Gasteiger charge is 2.50. The molecular weight excluding hydrogens is 294 g/mol. The van der Waals surface area contributed by atoms with Gasteiger partial charge in [-0.15, -0.1) is 0 Å². The Labute approximate surface area is 144 Å². The zero-order valence-corrected chi connectivity index (χ0v) is 14.5. The summed E-state index contributed by atoms with van der Waals surface area (Å²) in [6.45, 7) is 2.97. The fourth-order valence-electron chi connectivity index (χ4n) is 4.77. The summed E-state index contributed by atoms with van der Waals surface area (Å²) in [5.41, 5.74) is 2.70. The van der Waals surface area contributed by atoms with Gasteiger partial charge in [0.2, 0.25) is 0 Å². The third kappa shape index (κ3) is 2.98. The second-order valence-corrected chi connectivity index (χ2v) is 7.32. The predicted molar refractivity (Wildman–Crippen MR) is 96.7 cm³/mol. The summed E-state index contributed by atoms with van der Waals surface area (Å²) in [4.78, 5) is 8.85. The van der Waals surface area contributed by atoms with Crippen LogP contribution in [0.5, 0.6) is 0 Å². The van der Waals surface area contributed by atoms with E-state index in [0.29, 0.717) is 12.0 Å². The molecule has 2 aliphatic carbocycles. The van der Waals surface area contributed by atoms with E-state index in [1.165, 1.54) is 36.8 Å². The van der Waals surface area contributed by atoms with Gasteiger partial charge in [0.05, 0.1) is 0 Å². The van der Waals surface area contributed by atoms with Crippen LogP contribution in [0.2, 0.25) is 0 Å². The maximum absolute atomic E-state index is 4.43. The molecule has 0 saturated heterocycles. The molecule has 0 amide bonds. The van der Waals surface area contributed by atoms with Gasteiger partial charge < -0.3 is 5.32 Å². The molecule has 0 bridgehead atoms. The van der Waals surface area contributed by atoms with Gasteiger partial charge >= 0.3 is 0 Å². The molecular formula is C21H27N3. The Balaban J connectivity index is 1.47. The fraction of sp³-hybridized carbons (Fsp3) is 0.524. The lowest BCUT2D eigenvalue weighted by atomic mass is 9.53. The Kier molecular flexibility index (Phi) is 4.61. The van der Waals surface area contributed by atoms with E-state index in [0.717, 1.165) is 30.6 Å². The smallest absolute Gasteiger partial charge is 0.127 e. The number of aromatic nitrogens is 2. The van der Waals surface area contributed by atoms with E-state index < -0.39 is 0 Å². The quantitative estimate of drug-likeness (QED) is 0.901. The summed E-state index contributed by atoms with van der Waals surface area (Å²) in [5.74, 6) is 3.32. The highest BCUT2D eigenvalue weighted by Crippen LogP contribution is 2.54. The normalized spacial score (nSPS) is 28.9. The topological polar surface area (TPSA) is 37.8 Å². The molecule has 0 unspecified atom stereocenters. The van der Waals surface area contributed by atoms with Gasteiger partial charge in [-0.1, -0.05) is 50.1 Å². The van der Waals surface area contributed by atoms with E-state index in [9.17, 15) is 0 Å². The number of nitrogens with zero attached hydrogens (tertiary/aromatic N) is 2. The average Bonchev–Trinajstić information content (AvgIpc) is 2.64. The van der Waals surface area contributed by atoms with Crippen LogP contribution in [0.1, 0.15) is 55.5 Å². The molecule has 2 aliphatic rings. The minimum absolute atomic E-state index is 0.601. The second kappa shape index (κ2) is 7.02. The summed E-state index contributed by atoms with van der Waals surface area (Å²) in [6, 6.07) is 11.7. The van der Waals surface area contributed by atoms with E-state index >= 15 is 0 Å². The molecule has 24 heavy (non-hydrogen) atoms. The van der Waals surface area contributed by atoms with Crippen LogP contribution in [0.3, 0.4) is 0 Å². The van der Waals surface area contributed by atoms with Gasteiger partial charge in [-0.25, -0.2) is 9.97 Å². The molecule has 126 valence electrons. The predicted octanol–water partition coefficient (Wildman–Crippen LogP) is 4.10. The van der Waals surface area contributed by atoms with Crippen molar-refractivity contribution in [1.29, 1.82) is 0 Å². The van der Waals surface area contributed by atoms with Crippen molar-refractivity contribution in [3.05, 3.63) is 59.7 Å². The van der Waals surface area contributed by atoms with Gasteiger partial charge in [-0.2, -0.15) is 0 Å². The van der Waals surface area contributed by atoms with E-state index in [1.807, 2.05) is 12.4 Å². The van der Waals surface area contributed by atoms with Gasteiger partial charge in [-0.3, -0.25) is 0 Å². The Morgan fingerprint density at radius 1 is 1.00 bits per heavy atom. The summed E-state index contributed by atoms with van der Waals surface area (Å²) in [6.07, 6.45) is 10.4. The number of hydrogen-bond acceptors (Lipinski definition) is 3. The lowest BCUT2D eigenvalue weighted by molar-refractivity contribution is 0.0254. The van der Waals surface area contributed by atoms with Crippen LogP contribution in [0, 0.1) is 11.8 Å². The summed E-state index contributed by atoms with van der Waals surface area (Å²) >= 11 is 0. The van der Waals surface area contributed by atoms with E-state index in [2.05, 4.69) is 52.5 Å². The summed E-state index contributed by atoms with van der Waals surface area (Å²) in [5, 5.41) is 3.84. The van der Waals surface area contributed by atoms with Crippen molar-refractivity contribution in [1.82, 2.24) is 15.3 Å². The SMILES string of the molecule is CCc1ncc(CN[C@H]2[C@@H]3CCCC[C@@H]3[C@@H]2c2ccccc2)cn1. The molecule has 4 rings (SSSR count). The van der Waals surface area contributed by atoms with Gasteiger partial charge in [0.25, 0.3) is 0 Å². The van der Waals surface area contributed by atoms with E-state index in [-0.39, 0.29) is 0 Å². The molecule has 2 saturated carbocycles. The maximum Gasteiger partial charge on any atom is 0.127 e. The molecule has 3 nitrogen and oxygen atoms in total. The van der Waals surface area contributed by atoms with Crippen molar-refractivity contribution in [2.75, 3.05) is 0 Å².